The van der Waals surface area contributed by atoms with Gasteiger partial charge in [-0.25, -0.2) is 4.98 Å². The second kappa shape index (κ2) is 3.08. The Hall–Kier alpha value is -1.85. The molecule has 0 amide bonds. The second-order valence-corrected chi connectivity index (χ2v) is 2.94. The summed E-state index contributed by atoms with van der Waals surface area (Å²) in [6.45, 7) is 0. The van der Waals surface area contributed by atoms with Crippen molar-refractivity contribution in [2.75, 3.05) is 0 Å². The van der Waals surface area contributed by atoms with Gasteiger partial charge in [0.25, 0.3) is 0 Å². The third kappa shape index (κ3) is 1.47. The van der Waals surface area contributed by atoms with Gasteiger partial charge in [-0.3, -0.25) is 9.20 Å². The molecule has 0 aromatic carbocycles. The topological polar surface area (TPSA) is 34.4 Å². The molecule has 0 N–H and O–H groups in total. The number of aromatic nitrogens is 2. The van der Waals surface area contributed by atoms with Gasteiger partial charge in [0.15, 0.2) is 6.29 Å². The fourth-order valence-corrected chi connectivity index (χ4v) is 1.37. The van der Waals surface area contributed by atoms with Gasteiger partial charge in [0.2, 0.25) is 0 Å². The first-order valence-corrected chi connectivity index (χ1v) is 4.01. The molecule has 3 nitrogen and oxygen atoms in total. The summed E-state index contributed by atoms with van der Waals surface area (Å²) in [4.78, 5) is 14.3. The normalized spacial score (nSPS) is 11.9. The number of imidazole rings is 1. The number of alkyl halides is 3. The molecule has 0 aliphatic heterocycles. The molecule has 0 bridgehead atoms. The average Bonchev–Trinajstić information content (AvgIpc) is 2.61. The van der Waals surface area contributed by atoms with Crippen LogP contribution in [0.5, 0.6) is 0 Å². The monoisotopic (exact) mass is 214 g/mol. The summed E-state index contributed by atoms with van der Waals surface area (Å²) in [7, 11) is 0. The molecule has 0 aliphatic carbocycles. The van der Waals surface area contributed by atoms with Crippen LogP contribution >= 0.6 is 0 Å². The molecule has 0 spiro atoms. The Bertz CT molecular complexity index is 516. The van der Waals surface area contributed by atoms with Gasteiger partial charge in [-0.15, -0.1) is 0 Å². The highest BCUT2D eigenvalue weighted by molar-refractivity contribution is 5.77. The summed E-state index contributed by atoms with van der Waals surface area (Å²) in [6.07, 6.45) is -1.80. The van der Waals surface area contributed by atoms with Crippen LogP contribution in [-0.2, 0) is 6.18 Å². The van der Waals surface area contributed by atoms with E-state index in [1.54, 1.807) is 0 Å². The molecule has 2 aromatic rings. The van der Waals surface area contributed by atoms with Crippen molar-refractivity contribution in [3.63, 3.8) is 0 Å². The zero-order valence-electron chi connectivity index (χ0n) is 7.32. The number of hydrogen-bond acceptors (Lipinski definition) is 2. The SMILES string of the molecule is O=Cc1c(C(F)(F)F)ccc2cncn12. The second-order valence-electron chi connectivity index (χ2n) is 2.94. The van der Waals surface area contributed by atoms with E-state index in [0.717, 1.165) is 10.5 Å². The Balaban J connectivity index is 2.80. The van der Waals surface area contributed by atoms with E-state index in [0.29, 0.717) is 5.52 Å². The van der Waals surface area contributed by atoms with Gasteiger partial charge < -0.3 is 0 Å². The van der Waals surface area contributed by atoms with Gasteiger partial charge in [-0.1, -0.05) is 0 Å². The highest BCUT2D eigenvalue weighted by Gasteiger charge is 2.34. The minimum absolute atomic E-state index is 0.178. The zero-order valence-corrected chi connectivity index (χ0v) is 7.32. The lowest BCUT2D eigenvalue weighted by Crippen LogP contribution is -2.12. The van der Waals surface area contributed by atoms with Crippen LogP contribution in [0.25, 0.3) is 5.52 Å². The minimum Gasteiger partial charge on any atom is -0.296 e. The molecule has 0 fully saturated rings. The summed E-state index contributed by atoms with van der Waals surface area (Å²) in [5, 5.41) is 0. The van der Waals surface area contributed by atoms with Gasteiger partial charge in [0.05, 0.1) is 29.3 Å². The summed E-state index contributed by atoms with van der Waals surface area (Å²) in [5.74, 6) is 0. The van der Waals surface area contributed by atoms with Crippen LogP contribution in [0.3, 0.4) is 0 Å². The fourth-order valence-electron chi connectivity index (χ4n) is 1.37. The summed E-state index contributed by atoms with van der Waals surface area (Å²) < 4.78 is 38.5. The minimum atomic E-state index is -4.53. The Morgan fingerprint density at radius 2 is 2.07 bits per heavy atom. The fraction of sp³-hybridized carbons (Fsp3) is 0.111. The van der Waals surface area contributed by atoms with Crippen LogP contribution in [0.15, 0.2) is 24.7 Å². The summed E-state index contributed by atoms with van der Waals surface area (Å²) >= 11 is 0. The highest BCUT2D eigenvalue weighted by atomic mass is 19.4. The van der Waals surface area contributed by atoms with Crippen molar-refractivity contribution in [1.82, 2.24) is 9.38 Å². The van der Waals surface area contributed by atoms with Crippen molar-refractivity contribution in [2.24, 2.45) is 0 Å². The van der Waals surface area contributed by atoms with E-state index in [2.05, 4.69) is 4.98 Å². The van der Waals surface area contributed by atoms with Gasteiger partial charge >= 0.3 is 6.18 Å². The van der Waals surface area contributed by atoms with Gasteiger partial charge in [0, 0.05) is 0 Å². The first-order chi connectivity index (χ1) is 7.04. The lowest BCUT2D eigenvalue weighted by molar-refractivity contribution is -0.138. The predicted octanol–water partition coefficient (Wildman–Crippen LogP) is 2.17. The van der Waals surface area contributed by atoms with Crippen molar-refractivity contribution < 1.29 is 18.0 Å². The van der Waals surface area contributed by atoms with Crippen LogP contribution in [0.1, 0.15) is 16.1 Å². The molecule has 2 rings (SSSR count). The number of aldehydes is 1. The average molecular weight is 214 g/mol. The standard InChI is InChI=1S/C9H5F3N2O/c10-9(11,12)7-2-1-6-3-13-5-14(6)8(7)4-15/h1-5H. The van der Waals surface area contributed by atoms with Crippen LogP contribution in [0.2, 0.25) is 0 Å². The largest absolute Gasteiger partial charge is 0.418 e. The molecule has 78 valence electrons. The molecule has 0 saturated carbocycles. The highest BCUT2D eigenvalue weighted by Crippen LogP contribution is 2.31. The number of carbonyl (C=O) groups excluding carboxylic acids is 1. The molecular weight excluding hydrogens is 209 g/mol. The molecule has 2 aromatic heterocycles. The van der Waals surface area contributed by atoms with Crippen molar-refractivity contribution in [3.05, 3.63) is 35.9 Å². The molecule has 15 heavy (non-hydrogen) atoms. The Morgan fingerprint density at radius 3 is 2.67 bits per heavy atom. The predicted molar refractivity (Wildman–Crippen MR) is 45.6 cm³/mol. The number of rotatable bonds is 1. The zero-order chi connectivity index (χ0) is 11.1. The van der Waals surface area contributed by atoms with Crippen LogP contribution < -0.4 is 0 Å². The smallest absolute Gasteiger partial charge is 0.296 e. The van der Waals surface area contributed by atoms with Crippen molar-refractivity contribution >= 4 is 11.8 Å². The Kier molecular flexibility index (Phi) is 1.99. The van der Waals surface area contributed by atoms with E-state index < -0.39 is 17.4 Å². The van der Waals surface area contributed by atoms with E-state index >= 15 is 0 Å². The third-order valence-electron chi connectivity index (χ3n) is 2.04. The summed E-state index contributed by atoms with van der Waals surface area (Å²) in [6, 6.07) is 2.14. The quantitative estimate of drug-likeness (QED) is 0.682. The van der Waals surface area contributed by atoms with Crippen molar-refractivity contribution in [2.45, 2.75) is 6.18 Å². The van der Waals surface area contributed by atoms with E-state index in [9.17, 15) is 18.0 Å². The number of hydrogen-bond donors (Lipinski definition) is 0. The molecule has 0 atom stereocenters. The molecular formula is C9H5F3N2O. The maximum atomic E-state index is 12.5. The lowest BCUT2D eigenvalue weighted by atomic mass is 10.2. The lowest BCUT2D eigenvalue weighted by Gasteiger charge is -2.10. The molecule has 0 radical (unpaired) electrons. The molecule has 0 aliphatic rings. The molecule has 0 unspecified atom stereocenters. The number of nitrogens with zero attached hydrogens (tertiary/aromatic N) is 2. The Labute approximate surface area is 82.2 Å². The van der Waals surface area contributed by atoms with Crippen LogP contribution in [-0.4, -0.2) is 15.7 Å². The van der Waals surface area contributed by atoms with E-state index in [4.69, 9.17) is 0 Å². The maximum Gasteiger partial charge on any atom is 0.418 e. The first-order valence-electron chi connectivity index (χ1n) is 4.01. The number of fused-ring (bicyclic) bond motifs is 1. The van der Waals surface area contributed by atoms with E-state index in [-0.39, 0.29) is 6.29 Å². The van der Waals surface area contributed by atoms with Gasteiger partial charge in [-0.05, 0) is 12.1 Å². The Morgan fingerprint density at radius 1 is 1.33 bits per heavy atom. The van der Waals surface area contributed by atoms with E-state index in [1.807, 2.05) is 0 Å². The molecule has 6 heteroatoms. The maximum absolute atomic E-state index is 12.5. The third-order valence-corrected chi connectivity index (χ3v) is 2.04. The summed E-state index contributed by atoms with van der Waals surface area (Å²) in [5.41, 5.74) is -0.939. The molecule has 0 saturated heterocycles. The van der Waals surface area contributed by atoms with Crippen molar-refractivity contribution in [1.29, 1.82) is 0 Å². The van der Waals surface area contributed by atoms with Crippen LogP contribution in [0.4, 0.5) is 13.2 Å². The first kappa shape index (κ1) is 9.70. The van der Waals surface area contributed by atoms with Crippen LogP contribution in [0, 0.1) is 0 Å². The van der Waals surface area contributed by atoms with Crippen molar-refractivity contribution in [3.8, 4) is 0 Å². The van der Waals surface area contributed by atoms with E-state index in [1.165, 1.54) is 18.6 Å². The van der Waals surface area contributed by atoms with Gasteiger partial charge in [-0.2, -0.15) is 13.2 Å². The van der Waals surface area contributed by atoms with Gasteiger partial charge in [0.1, 0.15) is 0 Å². The number of halogens is 3. The number of pyridine rings is 1. The number of carbonyl (C=O) groups is 1. The molecule has 2 heterocycles.